The summed E-state index contributed by atoms with van der Waals surface area (Å²) in [4.78, 5) is 32.1. The number of hydrogen-bond donors (Lipinski definition) is 1. The van der Waals surface area contributed by atoms with Crippen molar-refractivity contribution in [3.05, 3.63) is 51.0 Å². The molecule has 0 atom stereocenters. The van der Waals surface area contributed by atoms with Gasteiger partial charge >= 0.3 is 0 Å². The molecule has 0 aliphatic carbocycles. The molecule has 1 saturated heterocycles. The second-order valence-corrected chi connectivity index (χ2v) is 9.07. The number of aromatic nitrogens is 1. The first-order chi connectivity index (χ1) is 16.4. The summed E-state index contributed by atoms with van der Waals surface area (Å²) in [6, 6.07) is 7.71. The third-order valence-electron chi connectivity index (χ3n) is 5.65. The third kappa shape index (κ3) is 5.01. The number of nitrogens with zero attached hydrogens (tertiary/aromatic N) is 4. The Balaban J connectivity index is 1.31. The molecule has 2 aromatic carbocycles. The topological polar surface area (TPSA) is 110 Å². The summed E-state index contributed by atoms with van der Waals surface area (Å²) in [7, 11) is 3.22. The van der Waals surface area contributed by atoms with Crippen molar-refractivity contribution >= 4 is 49.9 Å². The van der Waals surface area contributed by atoms with E-state index < -0.39 is 10.8 Å². The largest absolute Gasteiger partial charge is 0.493 e. The van der Waals surface area contributed by atoms with E-state index in [1.54, 1.807) is 25.6 Å². The second kappa shape index (κ2) is 10.4. The molecule has 4 rings (SSSR count). The Labute approximate surface area is 205 Å². The van der Waals surface area contributed by atoms with Gasteiger partial charge in [-0.1, -0.05) is 22.9 Å². The van der Waals surface area contributed by atoms with E-state index in [1.165, 1.54) is 18.2 Å². The zero-order chi connectivity index (χ0) is 24.2. The van der Waals surface area contributed by atoms with Gasteiger partial charge in [-0.25, -0.2) is 4.98 Å². The molecule has 1 N–H and O–H groups in total. The summed E-state index contributed by atoms with van der Waals surface area (Å²) in [5, 5.41) is 14.9. The van der Waals surface area contributed by atoms with Gasteiger partial charge in [0.05, 0.1) is 34.4 Å². The van der Waals surface area contributed by atoms with Crippen LogP contribution < -0.4 is 19.7 Å². The fraction of sp³-hybridized carbons (Fsp3) is 0.364. The Morgan fingerprint density at radius 2 is 1.97 bits per heavy atom. The third-order valence-corrected chi connectivity index (χ3v) is 7.06. The highest BCUT2D eigenvalue weighted by atomic mass is 35.5. The van der Waals surface area contributed by atoms with E-state index in [4.69, 9.17) is 26.1 Å². The maximum Gasteiger partial charge on any atom is 0.270 e. The first-order valence-electron chi connectivity index (χ1n) is 10.6. The Kier molecular flexibility index (Phi) is 7.35. The first kappa shape index (κ1) is 24.0. The highest BCUT2D eigenvalue weighted by Crippen LogP contribution is 2.40. The van der Waals surface area contributed by atoms with Crippen molar-refractivity contribution in [3.63, 3.8) is 0 Å². The molecule has 10 nitrogen and oxygen atoms in total. The second-order valence-electron chi connectivity index (χ2n) is 7.65. The molecule has 0 unspecified atom stereocenters. The van der Waals surface area contributed by atoms with Crippen LogP contribution in [0.5, 0.6) is 11.5 Å². The number of amides is 1. The van der Waals surface area contributed by atoms with Crippen molar-refractivity contribution in [3.8, 4) is 11.5 Å². The average molecular weight is 506 g/mol. The van der Waals surface area contributed by atoms with Gasteiger partial charge in [-0.3, -0.25) is 19.8 Å². The van der Waals surface area contributed by atoms with Crippen molar-refractivity contribution in [2.75, 3.05) is 58.4 Å². The molecule has 3 aromatic rings. The van der Waals surface area contributed by atoms with E-state index in [0.717, 1.165) is 41.5 Å². The summed E-state index contributed by atoms with van der Waals surface area (Å²) >= 11 is 7.66. The maximum atomic E-state index is 12.4. The summed E-state index contributed by atoms with van der Waals surface area (Å²) in [5.74, 6) is 0.872. The lowest BCUT2D eigenvalue weighted by molar-refractivity contribution is -0.384. The van der Waals surface area contributed by atoms with Crippen molar-refractivity contribution in [2.24, 2.45) is 0 Å². The molecule has 1 fully saturated rings. The van der Waals surface area contributed by atoms with Gasteiger partial charge in [0.2, 0.25) is 0 Å². The number of halogens is 1. The van der Waals surface area contributed by atoms with E-state index >= 15 is 0 Å². The lowest BCUT2D eigenvalue weighted by Crippen LogP contribution is -2.48. The number of nitrogens with one attached hydrogen (secondary N) is 1. The first-order valence-corrected chi connectivity index (χ1v) is 11.8. The van der Waals surface area contributed by atoms with E-state index in [9.17, 15) is 14.9 Å². The van der Waals surface area contributed by atoms with Gasteiger partial charge in [0.1, 0.15) is 5.52 Å². The fourth-order valence-corrected chi connectivity index (χ4v) is 5.04. The minimum atomic E-state index is -0.551. The molecule has 1 aromatic heterocycles. The molecule has 2 heterocycles. The molecule has 1 amide bonds. The fourth-order valence-electron chi connectivity index (χ4n) is 3.82. The van der Waals surface area contributed by atoms with Crippen LogP contribution in [0.15, 0.2) is 30.3 Å². The van der Waals surface area contributed by atoms with Crippen molar-refractivity contribution < 1.29 is 19.2 Å². The Morgan fingerprint density at radius 3 is 2.65 bits per heavy atom. The molecule has 0 radical (unpaired) electrons. The molecular formula is C22H24ClN5O5S. The predicted octanol–water partition coefficient (Wildman–Crippen LogP) is 3.43. The van der Waals surface area contributed by atoms with Crippen LogP contribution in [0.4, 0.5) is 10.8 Å². The van der Waals surface area contributed by atoms with Gasteiger partial charge in [-0.05, 0) is 18.2 Å². The number of piperazine rings is 1. The highest BCUT2D eigenvalue weighted by Gasteiger charge is 2.22. The number of fused-ring (bicyclic) bond motifs is 1. The van der Waals surface area contributed by atoms with Crippen molar-refractivity contribution in [1.82, 2.24) is 15.2 Å². The number of benzene rings is 2. The number of carbonyl (C=O) groups is 1. The molecule has 0 spiro atoms. The molecule has 180 valence electrons. The normalized spacial score (nSPS) is 14.3. The summed E-state index contributed by atoms with van der Waals surface area (Å²) < 4.78 is 11.9. The predicted molar refractivity (Wildman–Crippen MR) is 132 cm³/mol. The smallest absolute Gasteiger partial charge is 0.270 e. The Bertz CT molecular complexity index is 1210. The number of ether oxygens (including phenoxy) is 2. The Morgan fingerprint density at radius 1 is 1.21 bits per heavy atom. The number of non-ortho nitro benzene ring substituents is 1. The number of rotatable bonds is 8. The lowest BCUT2D eigenvalue weighted by Gasteiger charge is -2.34. The molecule has 12 heteroatoms. The van der Waals surface area contributed by atoms with Gasteiger partial charge in [0.25, 0.3) is 11.6 Å². The minimum absolute atomic E-state index is 0.101. The molecule has 34 heavy (non-hydrogen) atoms. The van der Waals surface area contributed by atoms with Crippen LogP contribution in [0.3, 0.4) is 0 Å². The number of carbonyl (C=O) groups excluding carboxylic acids is 1. The highest BCUT2D eigenvalue weighted by molar-refractivity contribution is 7.22. The van der Waals surface area contributed by atoms with Gasteiger partial charge in [0, 0.05) is 51.4 Å². The molecule has 1 aliphatic heterocycles. The monoisotopic (exact) mass is 505 g/mol. The lowest BCUT2D eigenvalue weighted by atomic mass is 10.2. The van der Waals surface area contributed by atoms with Crippen molar-refractivity contribution in [1.29, 1.82) is 0 Å². The summed E-state index contributed by atoms with van der Waals surface area (Å²) in [6.07, 6.45) is 0. The molecule has 0 saturated carbocycles. The van der Waals surface area contributed by atoms with Crippen LogP contribution in [0.1, 0.15) is 10.4 Å². The quantitative estimate of drug-likeness (QED) is 0.366. The molecule has 1 aliphatic rings. The van der Waals surface area contributed by atoms with Gasteiger partial charge < -0.3 is 19.7 Å². The van der Waals surface area contributed by atoms with Crippen LogP contribution in [0.25, 0.3) is 10.2 Å². The number of hydrogen-bond acceptors (Lipinski definition) is 9. The zero-order valence-corrected chi connectivity index (χ0v) is 20.3. The number of anilines is 1. The van der Waals surface area contributed by atoms with E-state index in [2.05, 4.69) is 15.1 Å². The average Bonchev–Trinajstić information content (AvgIpc) is 3.28. The van der Waals surface area contributed by atoms with Crippen LogP contribution in [-0.2, 0) is 0 Å². The molecule has 0 bridgehead atoms. The maximum absolute atomic E-state index is 12.4. The number of nitro groups is 1. The van der Waals surface area contributed by atoms with Crippen molar-refractivity contribution in [2.45, 2.75) is 0 Å². The van der Waals surface area contributed by atoms with E-state index in [-0.39, 0.29) is 16.3 Å². The van der Waals surface area contributed by atoms with Crippen LogP contribution in [0, 0.1) is 10.1 Å². The van der Waals surface area contributed by atoms with Crippen LogP contribution >= 0.6 is 22.9 Å². The van der Waals surface area contributed by atoms with Gasteiger partial charge in [-0.15, -0.1) is 0 Å². The summed E-state index contributed by atoms with van der Waals surface area (Å²) in [5.41, 5.74) is 0.729. The molecular weight excluding hydrogens is 482 g/mol. The van der Waals surface area contributed by atoms with Crippen LogP contribution in [-0.4, -0.2) is 74.2 Å². The minimum Gasteiger partial charge on any atom is -0.493 e. The van der Waals surface area contributed by atoms with E-state index in [1.807, 2.05) is 12.1 Å². The Hall–Kier alpha value is -3.15. The summed E-state index contributed by atoms with van der Waals surface area (Å²) in [6.45, 7) is 4.34. The van der Waals surface area contributed by atoms with Gasteiger partial charge in [-0.2, -0.15) is 0 Å². The SMILES string of the molecule is COc1ccc2sc(N3CCN(CCNC(=O)c4cc([N+](=O)[O-])ccc4Cl)CC3)nc2c1OC. The zero-order valence-electron chi connectivity index (χ0n) is 18.7. The number of methoxy groups -OCH3 is 2. The standard InChI is InChI=1S/C22H24ClN5O5S/c1-32-17-5-6-18-19(20(17)33-2)25-22(34-18)27-11-9-26(10-12-27)8-7-24-21(29)15-13-14(28(30)31)3-4-16(15)23/h3-6,13H,7-12H2,1-2H3,(H,24,29). The van der Waals surface area contributed by atoms with E-state index in [0.29, 0.717) is 24.6 Å². The number of nitro benzene ring substituents is 1. The van der Waals surface area contributed by atoms with Crippen LogP contribution in [0.2, 0.25) is 5.02 Å². The number of thiazole rings is 1. The van der Waals surface area contributed by atoms with Gasteiger partial charge in [0.15, 0.2) is 16.6 Å².